The summed E-state index contributed by atoms with van der Waals surface area (Å²) in [5, 5.41) is 11.7. The van der Waals surface area contributed by atoms with Crippen molar-refractivity contribution in [3.63, 3.8) is 0 Å². The summed E-state index contributed by atoms with van der Waals surface area (Å²) in [5.74, 6) is -1.47. The quantitative estimate of drug-likeness (QED) is 0.927. The Bertz CT molecular complexity index is 695. The van der Waals surface area contributed by atoms with Crippen molar-refractivity contribution in [3.05, 3.63) is 59.2 Å². The Balaban J connectivity index is 2.26. The van der Waals surface area contributed by atoms with Gasteiger partial charge in [-0.1, -0.05) is 6.07 Å². The molecule has 1 N–H and O–H groups in total. The maximum Gasteiger partial charge on any atom is 0.167 e. The molecule has 0 aliphatic carbocycles. The molecule has 0 aliphatic rings. The molecule has 5 heteroatoms. The van der Waals surface area contributed by atoms with Crippen LogP contribution < -0.4 is 10.1 Å². The number of rotatable bonds is 4. The van der Waals surface area contributed by atoms with Gasteiger partial charge in [-0.15, -0.1) is 0 Å². The van der Waals surface area contributed by atoms with Crippen molar-refractivity contribution in [2.24, 2.45) is 0 Å². The van der Waals surface area contributed by atoms with Crippen molar-refractivity contribution in [3.8, 4) is 17.6 Å². The van der Waals surface area contributed by atoms with E-state index >= 15 is 0 Å². The molecule has 0 fully saturated rings. The van der Waals surface area contributed by atoms with Crippen molar-refractivity contribution in [2.75, 3.05) is 7.05 Å². The number of hydrogen-bond acceptors (Lipinski definition) is 3. The average Bonchev–Trinajstić information content (AvgIpc) is 2.50. The summed E-state index contributed by atoms with van der Waals surface area (Å²) in [6.45, 7) is 1.90. The van der Waals surface area contributed by atoms with E-state index in [4.69, 9.17) is 10.00 Å². The highest BCUT2D eigenvalue weighted by molar-refractivity contribution is 5.40. The van der Waals surface area contributed by atoms with Crippen molar-refractivity contribution in [2.45, 2.75) is 13.0 Å². The van der Waals surface area contributed by atoms with Crippen LogP contribution in [0.1, 0.15) is 24.1 Å². The number of hydrogen-bond donors (Lipinski definition) is 1. The van der Waals surface area contributed by atoms with Gasteiger partial charge in [-0.05, 0) is 49.9 Å². The van der Waals surface area contributed by atoms with Crippen LogP contribution in [0.15, 0.2) is 36.4 Å². The van der Waals surface area contributed by atoms with E-state index in [1.54, 1.807) is 13.1 Å². The van der Waals surface area contributed by atoms with Crippen LogP contribution in [-0.2, 0) is 0 Å². The summed E-state index contributed by atoms with van der Waals surface area (Å²) in [7, 11) is 1.78. The van der Waals surface area contributed by atoms with Crippen LogP contribution in [0.2, 0.25) is 0 Å². The molecule has 0 aliphatic heterocycles. The van der Waals surface area contributed by atoms with Gasteiger partial charge in [0.05, 0.1) is 11.6 Å². The second-order valence-corrected chi connectivity index (χ2v) is 4.56. The van der Waals surface area contributed by atoms with Gasteiger partial charge in [-0.2, -0.15) is 5.26 Å². The van der Waals surface area contributed by atoms with Gasteiger partial charge in [0.2, 0.25) is 0 Å². The maximum absolute atomic E-state index is 14.0. The third-order valence-electron chi connectivity index (χ3n) is 3.17. The first-order valence-corrected chi connectivity index (χ1v) is 6.39. The molecule has 1 atom stereocenters. The Kier molecular flexibility index (Phi) is 4.51. The minimum Gasteiger partial charge on any atom is -0.451 e. The molecular weight excluding hydrogens is 274 g/mol. The van der Waals surface area contributed by atoms with Crippen molar-refractivity contribution in [1.29, 1.82) is 5.26 Å². The lowest BCUT2D eigenvalue weighted by Crippen LogP contribution is -2.12. The molecule has 0 amide bonds. The Morgan fingerprint density at radius 2 is 1.71 bits per heavy atom. The van der Waals surface area contributed by atoms with E-state index < -0.39 is 11.6 Å². The Morgan fingerprint density at radius 3 is 2.24 bits per heavy atom. The molecule has 21 heavy (non-hydrogen) atoms. The zero-order valence-electron chi connectivity index (χ0n) is 11.7. The minimum atomic E-state index is -0.707. The highest BCUT2D eigenvalue weighted by atomic mass is 19.1. The number of ether oxygens (including phenoxy) is 1. The minimum absolute atomic E-state index is 0.000183. The van der Waals surface area contributed by atoms with E-state index in [1.165, 1.54) is 24.3 Å². The van der Waals surface area contributed by atoms with Crippen LogP contribution in [0.5, 0.6) is 11.5 Å². The Labute approximate surface area is 121 Å². The normalized spacial score (nSPS) is 11.8. The second kappa shape index (κ2) is 6.33. The number of nitriles is 1. The molecule has 2 rings (SSSR count). The van der Waals surface area contributed by atoms with Gasteiger partial charge in [0.1, 0.15) is 0 Å². The fourth-order valence-corrected chi connectivity index (χ4v) is 1.81. The van der Waals surface area contributed by atoms with Crippen LogP contribution in [0, 0.1) is 23.0 Å². The van der Waals surface area contributed by atoms with Gasteiger partial charge in [0.25, 0.3) is 0 Å². The molecule has 108 valence electrons. The molecule has 0 heterocycles. The van der Waals surface area contributed by atoms with Gasteiger partial charge >= 0.3 is 0 Å². The molecule has 0 saturated carbocycles. The second-order valence-electron chi connectivity index (χ2n) is 4.56. The summed E-state index contributed by atoms with van der Waals surface area (Å²) in [6.07, 6.45) is 0. The zero-order chi connectivity index (χ0) is 15.4. The highest BCUT2D eigenvalue weighted by Gasteiger charge is 2.12. The molecule has 2 aromatic rings. The molecule has 0 saturated heterocycles. The van der Waals surface area contributed by atoms with Gasteiger partial charge in [0.15, 0.2) is 23.1 Å². The first-order valence-electron chi connectivity index (χ1n) is 6.39. The van der Waals surface area contributed by atoms with Gasteiger partial charge in [-0.3, -0.25) is 0 Å². The number of halogens is 2. The van der Waals surface area contributed by atoms with E-state index in [1.807, 2.05) is 13.0 Å². The van der Waals surface area contributed by atoms with E-state index in [0.29, 0.717) is 0 Å². The summed E-state index contributed by atoms with van der Waals surface area (Å²) < 4.78 is 32.9. The molecule has 0 spiro atoms. The Hall–Kier alpha value is -2.45. The lowest BCUT2D eigenvalue weighted by molar-refractivity contribution is 0.413. The third kappa shape index (κ3) is 3.36. The topological polar surface area (TPSA) is 45.0 Å². The molecule has 2 aromatic carbocycles. The molecule has 1 unspecified atom stereocenters. The maximum atomic E-state index is 14.0. The van der Waals surface area contributed by atoms with E-state index in [0.717, 1.165) is 11.6 Å². The first kappa shape index (κ1) is 14.9. The van der Waals surface area contributed by atoms with Crippen LogP contribution in [-0.4, -0.2) is 7.05 Å². The molecule has 0 bridgehead atoms. The molecule has 0 radical (unpaired) electrons. The summed E-state index contributed by atoms with van der Waals surface area (Å²) in [6, 6.07) is 10.1. The molecular formula is C16H14F2N2O. The van der Waals surface area contributed by atoms with Gasteiger partial charge in [0, 0.05) is 6.04 Å². The van der Waals surface area contributed by atoms with Crippen molar-refractivity contribution >= 4 is 0 Å². The van der Waals surface area contributed by atoms with E-state index in [-0.39, 0.29) is 23.1 Å². The largest absolute Gasteiger partial charge is 0.451 e. The standard InChI is InChI=1S/C16H14F2N2O/c1-10(20-2)12-4-6-16(14(18)8-12)21-15-5-3-11(9-19)7-13(15)17/h3-8,10,20H,1-2H3. The highest BCUT2D eigenvalue weighted by Crippen LogP contribution is 2.29. The lowest BCUT2D eigenvalue weighted by atomic mass is 10.1. The van der Waals surface area contributed by atoms with Crippen molar-refractivity contribution < 1.29 is 13.5 Å². The zero-order valence-corrected chi connectivity index (χ0v) is 11.7. The van der Waals surface area contributed by atoms with E-state index in [2.05, 4.69) is 5.32 Å². The average molecular weight is 288 g/mol. The van der Waals surface area contributed by atoms with Crippen LogP contribution in [0.25, 0.3) is 0 Å². The lowest BCUT2D eigenvalue weighted by Gasteiger charge is -2.13. The summed E-state index contributed by atoms with van der Waals surface area (Å²) in [4.78, 5) is 0. The fourth-order valence-electron chi connectivity index (χ4n) is 1.81. The van der Waals surface area contributed by atoms with Crippen LogP contribution in [0.3, 0.4) is 0 Å². The predicted molar refractivity (Wildman–Crippen MR) is 75.1 cm³/mol. The monoisotopic (exact) mass is 288 g/mol. The van der Waals surface area contributed by atoms with Crippen LogP contribution >= 0.6 is 0 Å². The summed E-state index contributed by atoms with van der Waals surface area (Å²) in [5.41, 5.74) is 0.946. The van der Waals surface area contributed by atoms with Gasteiger partial charge in [-0.25, -0.2) is 8.78 Å². The summed E-state index contributed by atoms with van der Waals surface area (Å²) >= 11 is 0. The van der Waals surface area contributed by atoms with E-state index in [9.17, 15) is 8.78 Å². The number of nitrogens with zero attached hydrogens (tertiary/aromatic N) is 1. The predicted octanol–water partition coefficient (Wildman–Crippen LogP) is 3.91. The SMILES string of the molecule is CNC(C)c1ccc(Oc2ccc(C#N)cc2F)c(F)c1. The molecule has 0 aromatic heterocycles. The van der Waals surface area contributed by atoms with Crippen molar-refractivity contribution in [1.82, 2.24) is 5.32 Å². The first-order chi connectivity index (χ1) is 10.0. The number of benzene rings is 2. The van der Waals surface area contributed by atoms with Crippen LogP contribution in [0.4, 0.5) is 8.78 Å². The van der Waals surface area contributed by atoms with Gasteiger partial charge < -0.3 is 10.1 Å². The fraction of sp³-hybridized carbons (Fsp3) is 0.188. The smallest absolute Gasteiger partial charge is 0.167 e. The Morgan fingerprint density at radius 1 is 1.10 bits per heavy atom. The number of nitrogens with one attached hydrogen (secondary N) is 1. The third-order valence-corrected chi connectivity index (χ3v) is 3.17. The molecule has 3 nitrogen and oxygen atoms in total.